The topological polar surface area (TPSA) is 40.5 Å². The molecule has 0 aliphatic carbocycles. The first-order chi connectivity index (χ1) is 13.0. The van der Waals surface area contributed by atoms with Crippen molar-refractivity contribution in [2.24, 2.45) is 5.92 Å². The van der Waals surface area contributed by atoms with Crippen molar-refractivity contribution >= 4 is 18.2 Å². The number of carbonyl (C=O) groups excluding carboxylic acids is 1. The van der Waals surface area contributed by atoms with Crippen molar-refractivity contribution in [2.45, 2.75) is 66.7 Å². The Morgan fingerprint density at radius 3 is 2.56 bits per heavy atom. The van der Waals surface area contributed by atoms with Gasteiger partial charge in [-0.25, -0.2) is 4.79 Å². The van der Waals surface area contributed by atoms with Gasteiger partial charge in [0.25, 0.3) is 0 Å². The predicted octanol–water partition coefficient (Wildman–Crippen LogP) is 5.81. The Labute approximate surface area is 164 Å². The van der Waals surface area contributed by atoms with Crippen LogP contribution in [0.1, 0.15) is 87.1 Å². The number of ether oxygens (including phenoxy) is 2. The van der Waals surface area contributed by atoms with Crippen molar-refractivity contribution in [3.8, 4) is 0 Å². The van der Waals surface area contributed by atoms with Gasteiger partial charge in [0.1, 0.15) is 0 Å². The normalized spacial score (nSPS) is 17.5. The molecule has 1 aliphatic heterocycles. The molecule has 1 unspecified atom stereocenters. The average molecular weight is 374 g/mol. The average Bonchev–Trinajstić information content (AvgIpc) is 2.93. The van der Waals surface area contributed by atoms with Crippen LogP contribution in [0.25, 0.3) is 12.3 Å². The molecule has 4 heteroatoms. The summed E-state index contributed by atoms with van der Waals surface area (Å²) in [4.78, 5) is 12.8. The minimum absolute atomic E-state index is 0.228. The van der Waals surface area contributed by atoms with E-state index in [1.165, 1.54) is 11.3 Å². The molecule has 4 nitrogen and oxygen atoms in total. The van der Waals surface area contributed by atoms with Crippen LogP contribution in [0.2, 0.25) is 0 Å². The zero-order valence-electron chi connectivity index (χ0n) is 17.8. The Kier molecular flexibility index (Phi) is 7.91. The molecule has 1 atom stereocenters. The van der Waals surface area contributed by atoms with Crippen LogP contribution in [0.4, 0.5) is 0 Å². The van der Waals surface area contributed by atoms with Crippen LogP contribution in [0, 0.1) is 12.8 Å². The summed E-state index contributed by atoms with van der Waals surface area (Å²) in [6.07, 6.45) is 9.33. The molecule has 2 rings (SSSR count). The first kappa shape index (κ1) is 21.5. The smallest absolute Gasteiger partial charge is 0.340 e. The second-order valence-electron chi connectivity index (χ2n) is 7.43. The fourth-order valence-corrected chi connectivity index (χ4v) is 4.00. The Morgan fingerprint density at radius 1 is 1.33 bits per heavy atom. The minimum atomic E-state index is -0.228. The Morgan fingerprint density at radius 2 is 2.00 bits per heavy atom. The van der Waals surface area contributed by atoms with Crippen molar-refractivity contribution in [3.05, 3.63) is 34.2 Å². The highest BCUT2D eigenvalue weighted by Gasteiger charge is 2.31. The highest BCUT2D eigenvalue weighted by Crippen LogP contribution is 2.38. The molecule has 0 amide bonds. The van der Waals surface area contributed by atoms with Gasteiger partial charge >= 0.3 is 5.97 Å². The number of nitrogens with zero attached hydrogens (tertiary/aromatic N) is 1. The van der Waals surface area contributed by atoms with E-state index in [-0.39, 0.29) is 5.97 Å². The molecule has 1 fully saturated rings. The molecule has 2 heterocycles. The van der Waals surface area contributed by atoms with Crippen LogP contribution >= 0.6 is 0 Å². The number of aromatic nitrogens is 1. The van der Waals surface area contributed by atoms with E-state index in [1.54, 1.807) is 0 Å². The summed E-state index contributed by atoms with van der Waals surface area (Å²) in [6, 6.07) is 0. The summed E-state index contributed by atoms with van der Waals surface area (Å²) >= 11 is 0. The van der Waals surface area contributed by atoms with Crippen molar-refractivity contribution in [2.75, 3.05) is 19.8 Å². The summed E-state index contributed by atoms with van der Waals surface area (Å²) in [7, 11) is 0. The number of carbonyl (C=O) groups is 1. The predicted molar refractivity (Wildman–Crippen MR) is 112 cm³/mol. The monoisotopic (exact) mass is 373 g/mol. The van der Waals surface area contributed by atoms with Crippen molar-refractivity contribution in [3.63, 3.8) is 0 Å². The van der Waals surface area contributed by atoms with Gasteiger partial charge in [-0.1, -0.05) is 25.5 Å². The quantitative estimate of drug-likeness (QED) is 0.567. The molecular weight excluding hydrogens is 338 g/mol. The van der Waals surface area contributed by atoms with Gasteiger partial charge in [0.15, 0.2) is 0 Å². The molecule has 1 aromatic rings. The zero-order valence-corrected chi connectivity index (χ0v) is 17.8. The van der Waals surface area contributed by atoms with Gasteiger partial charge < -0.3 is 14.0 Å². The van der Waals surface area contributed by atoms with E-state index in [2.05, 4.69) is 44.5 Å². The van der Waals surface area contributed by atoms with Crippen LogP contribution in [0.3, 0.4) is 0 Å². The van der Waals surface area contributed by atoms with E-state index in [0.29, 0.717) is 24.0 Å². The van der Waals surface area contributed by atoms with Gasteiger partial charge in [-0.15, -0.1) is 0 Å². The molecule has 1 aromatic heterocycles. The highest BCUT2D eigenvalue weighted by molar-refractivity contribution is 5.96. The second-order valence-corrected chi connectivity index (χ2v) is 7.43. The third-order valence-corrected chi connectivity index (χ3v) is 5.66. The van der Waals surface area contributed by atoms with Gasteiger partial charge in [-0.2, -0.15) is 0 Å². The zero-order chi connectivity index (χ0) is 20.0. The molecule has 150 valence electrons. The summed E-state index contributed by atoms with van der Waals surface area (Å²) in [5, 5.41) is 0. The molecule has 1 saturated heterocycles. The third kappa shape index (κ3) is 4.73. The van der Waals surface area contributed by atoms with E-state index in [0.717, 1.165) is 43.7 Å². The fraction of sp³-hybridized carbons (Fsp3) is 0.609. The van der Waals surface area contributed by atoms with Crippen LogP contribution in [-0.4, -0.2) is 30.4 Å². The first-order valence-corrected chi connectivity index (χ1v) is 10.3. The molecule has 0 radical (unpaired) electrons. The SMILES string of the molecule is C/C=C\n1c(/C=C(/C)CC)c(C(=O)OCC)c(C)c1C(C)C1CCOCC1. The number of rotatable bonds is 7. The largest absolute Gasteiger partial charge is 0.462 e. The number of allylic oxidation sites excluding steroid dienone is 2. The van der Waals surface area contributed by atoms with E-state index in [1.807, 2.05) is 19.9 Å². The van der Waals surface area contributed by atoms with E-state index < -0.39 is 0 Å². The van der Waals surface area contributed by atoms with Gasteiger partial charge in [0, 0.05) is 31.0 Å². The first-order valence-electron chi connectivity index (χ1n) is 10.3. The molecule has 0 aromatic carbocycles. The Bertz CT molecular complexity index is 706. The van der Waals surface area contributed by atoms with Crippen molar-refractivity contribution < 1.29 is 14.3 Å². The third-order valence-electron chi connectivity index (χ3n) is 5.66. The Balaban J connectivity index is 2.67. The van der Waals surface area contributed by atoms with Crippen LogP contribution in [0.5, 0.6) is 0 Å². The lowest BCUT2D eigenvalue weighted by Crippen LogP contribution is -2.22. The number of esters is 1. The highest BCUT2D eigenvalue weighted by atomic mass is 16.5. The van der Waals surface area contributed by atoms with Crippen LogP contribution in [-0.2, 0) is 9.47 Å². The van der Waals surface area contributed by atoms with E-state index >= 15 is 0 Å². The van der Waals surface area contributed by atoms with E-state index in [4.69, 9.17) is 9.47 Å². The van der Waals surface area contributed by atoms with Crippen molar-refractivity contribution in [1.82, 2.24) is 4.57 Å². The molecule has 1 aliphatic rings. The van der Waals surface area contributed by atoms with Gasteiger partial charge in [-0.05, 0) is 64.5 Å². The molecule has 0 bridgehead atoms. The number of hydrogen-bond acceptors (Lipinski definition) is 3. The standard InChI is InChI=1S/C23H35NO3/c1-7-12-24-20(15-16(4)8-2)21(23(25)27-9-3)18(6)22(24)17(5)19-10-13-26-14-11-19/h7,12,15,17,19H,8-11,13-14H2,1-6H3/b12-7-,16-15-. The van der Waals surface area contributed by atoms with Crippen LogP contribution in [0.15, 0.2) is 11.6 Å². The maximum absolute atomic E-state index is 12.8. The van der Waals surface area contributed by atoms with Crippen LogP contribution < -0.4 is 0 Å². The second kappa shape index (κ2) is 9.93. The lowest BCUT2D eigenvalue weighted by molar-refractivity contribution is 0.0524. The molecular formula is C23H35NO3. The lowest BCUT2D eigenvalue weighted by atomic mass is 9.83. The van der Waals surface area contributed by atoms with Crippen molar-refractivity contribution in [1.29, 1.82) is 0 Å². The fourth-order valence-electron chi connectivity index (χ4n) is 4.00. The summed E-state index contributed by atoms with van der Waals surface area (Å²) in [6.45, 7) is 14.5. The van der Waals surface area contributed by atoms with Gasteiger partial charge in [-0.3, -0.25) is 0 Å². The summed E-state index contributed by atoms with van der Waals surface area (Å²) < 4.78 is 13.2. The van der Waals surface area contributed by atoms with Gasteiger partial charge in [0.2, 0.25) is 0 Å². The lowest BCUT2D eigenvalue weighted by Gasteiger charge is -2.29. The van der Waals surface area contributed by atoms with Gasteiger partial charge in [0.05, 0.1) is 17.9 Å². The molecule has 0 saturated carbocycles. The van der Waals surface area contributed by atoms with E-state index in [9.17, 15) is 4.79 Å². The maximum Gasteiger partial charge on any atom is 0.340 e. The molecule has 27 heavy (non-hydrogen) atoms. The molecule has 0 spiro atoms. The minimum Gasteiger partial charge on any atom is -0.462 e. The summed E-state index contributed by atoms with van der Waals surface area (Å²) in [5.74, 6) is 0.687. The Hall–Kier alpha value is -1.81. The summed E-state index contributed by atoms with van der Waals surface area (Å²) in [5.41, 5.74) is 5.15. The maximum atomic E-state index is 12.8. The molecule has 0 N–H and O–H groups in total. The number of hydrogen-bond donors (Lipinski definition) is 0.